The Morgan fingerprint density at radius 2 is 2.12 bits per heavy atom. The minimum absolute atomic E-state index is 0.0121. The van der Waals surface area contributed by atoms with Crippen LogP contribution in [-0.4, -0.2) is 16.2 Å². The fourth-order valence-electron chi connectivity index (χ4n) is 1.37. The Morgan fingerprint density at radius 3 is 2.56 bits per heavy atom. The maximum atomic E-state index is 12.8. The van der Waals surface area contributed by atoms with Gasteiger partial charge in [0.15, 0.2) is 0 Å². The molecule has 3 nitrogen and oxygen atoms in total. The zero-order chi connectivity index (χ0) is 12.5. The highest BCUT2D eigenvalue weighted by Crippen LogP contribution is 2.34. The van der Waals surface area contributed by atoms with Gasteiger partial charge < -0.3 is 10.2 Å². The normalized spacial score (nSPS) is 16.6. The molecule has 0 aliphatic rings. The molecular formula is C11H12ClFO3. The molecule has 0 heterocycles. The van der Waals surface area contributed by atoms with Crippen LogP contribution >= 0.6 is 11.6 Å². The molecule has 0 fully saturated rings. The molecule has 1 rings (SSSR count). The lowest BCUT2D eigenvalue weighted by Gasteiger charge is -2.28. The van der Waals surface area contributed by atoms with Crippen LogP contribution in [0, 0.1) is 11.7 Å². The van der Waals surface area contributed by atoms with Gasteiger partial charge in [0.1, 0.15) is 11.4 Å². The topological polar surface area (TPSA) is 57.5 Å². The maximum Gasteiger partial charge on any atom is 0.309 e. The third kappa shape index (κ3) is 2.33. The Kier molecular flexibility index (Phi) is 3.55. The van der Waals surface area contributed by atoms with E-state index in [1.165, 1.54) is 19.9 Å². The second kappa shape index (κ2) is 4.39. The van der Waals surface area contributed by atoms with Crippen molar-refractivity contribution in [1.82, 2.24) is 0 Å². The lowest BCUT2D eigenvalue weighted by atomic mass is 9.84. The maximum absolute atomic E-state index is 12.8. The first-order valence-electron chi connectivity index (χ1n) is 4.67. The third-order valence-corrected chi connectivity index (χ3v) is 3.00. The summed E-state index contributed by atoms with van der Waals surface area (Å²) in [5.41, 5.74) is -1.44. The summed E-state index contributed by atoms with van der Waals surface area (Å²) < 4.78 is 12.8. The van der Waals surface area contributed by atoms with E-state index >= 15 is 0 Å². The Balaban J connectivity index is 3.21. The summed E-state index contributed by atoms with van der Waals surface area (Å²) in [5.74, 6) is -2.73. The second-order valence-electron chi connectivity index (χ2n) is 3.83. The number of rotatable bonds is 3. The van der Waals surface area contributed by atoms with E-state index in [0.717, 1.165) is 12.1 Å². The fraction of sp³-hybridized carbons (Fsp3) is 0.364. The largest absolute Gasteiger partial charge is 0.481 e. The van der Waals surface area contributed by atoms with E-state index in [-0.39, 0.29) is 10.6 Å². The van der Waals surface area contributed by atoms with Crippen molar-refractivity contribution < 1.29 is 19.4 Å². The van der Waals surface area contributed by atoms with Crippen LogP contribution in [0.4, 0.5) is 4.39 Å². The van der Waals surface area contributed by atoms with Crippen molar-refractivity contribution in [1.29, 1.82) is 0 Å². The molecule has 1 aromatic carbocycles. The molecule has 2 N–H and O–H groups in total. The van der Waals surface area contributed by atoms with Gasteiger partial charge in [0.2, 0.25) is 0 Å². The number of carbonyl (C=O) groups is 1. The van der Waals surface area contributed by atoms with E-state index in [1.54, 1.807) is 0 Å². The van der Waals surface area contributed by atoms with Crippen molar-refractivity contribution in [3.63, 3.8) is 0 Å². The molecule has 0 aliphatic carbocycles. The van der Waals surface area contributed by atoms with Gasteiger partial charge in [-0.1, -0.05) is 17.7 Å². The van der Waals surface area contributed by atoms with Gasteiger partial charge in [-0.05, 0) is 26.0 Å². The Labute approximate surface area is 97.5 Å². The second-order valence-corrected chi connectivity index (χ2v) is 4.24. The fourth-order valence-corrected chi connectivity index (χ4v) is 1.73. The van der Waals surface area contributed by atoms with Gasteiger partial charge in [-0.3, -0.25) is 4.79 Å². The van der Waals surface area contributed by atoms with Crippen LogP contribution in [-0.2, 0) is 10.4 Å². The van der Waals surface area contributed by atoms with E-state index in [0.29, 0.717) is 0 Å². The number of hydrogen-bond donors (Lipinski definition) is 2. The molecule has 0 saturated heterocycles. The average molecular weight is 247 g/mol. The van der Waals surface area contributed by atoms with Gasteiger partial charge >= 0.3 is 5.97 Å². The summed E-state index contributed by atoms with van der Waals surface area (Å²) in [6.07, 6.45) is 0. The molecule has 1 aromatic rings. The number of benzene rings is 1. The van der Waals surface area contributed by atoms with Crippen LogP contribution in [0.2, 0.25) is 5.02 Å². The lowest BCUT2D eigenvalue weighted by molar-refractivity contribution is -0.150. The first-order chi connectivity index (χ1) is 7.26. The molecule has 2 unspecified atom stereocenters. The molecule has 5 heteroatoms. The zero-order valence-corrected chi connectivity index (χ0v) is 9.62. The summed E-state index contributed by atoms with van der Waals surface area (Å²) in [6, 6.07) is 3.46. The van der Waals surface area contributed by atoms with Gasteiger partial charge in [-0.15, -0.1) is 0 Å². The SMILES string of the molecule is CC(C(=O)O)C(C)(O)c1ccc(F)cc1Cl. The van der Waals surface area contributed by atoms with Crippen molar-refractivity contribution in [2.75, 3.05) is 0 Å². The monoisotopic (exact) mass is 246 g/mol. The molecule has 0 bridgehead atoms. The minimum Gasteiger partial charge on any atom is -0.481 e. The van der Waals surface area contributed by atoms with E-state index in [1.807, 2.05) is 0 Å². The average Bonchev–Trinajstić information content (AvgIpc) is 2.15. The quantitative estimate of drug-likeness (QED) is 0.861. The van der Waals surface area contributed by atoms with Crippen molar-refractivity contribution >= 4 is 17.6 Å². The number of aliphatic carboxylic acids is 1. The van der Waals surface area contributed by atoms with E-state index in [2.05, 4.69) is 0 Å². The van der Waals surface area contributed by atoms with E-state index in [4.69, 9.17) is 16.7 Å². The highest BCUT2D eigenvalue weighted by molar-refractivity contribution is 6.31. The standard InChI is InChI=1S/C11H12ClFO3/c1-6(10(14)15)11(2,16)8-4-3-7(13)5-9(8)12/h3-6,16H,1-2H3,(H,14,15). The molecule has 0 saturated carbocycles. The minimum atomic E-state index is -1.64. The van der Waals surface area contributed by atoms with Crippen molar-refractivity contribution in [3.05, 3.63) is 34.6 Å². The predicted molar refractivity (Wildman–Crippen MR) is 57.8 cm³/mol. The van der Waals surface area contributed by atoms with Gasteiger partial charge in [-0.2, -0.15) is 0 Å². The number of aliphatic hydroxyl groups is 1. The van der Waals surface area contributed by atoms with Crippen LogP contribution in [0.5, 0.6) is 0 Å². The Bertz CT molecular complexity index is 418. The van der Waals surface area contributed by atoms with Crippen molar-refractivity contribution in [2.24, 2.45) is 5.92 Å². The molecule has 0 radical (unpaired) electrons. The van der Waals surface area contributed by atoms with Crippen LogP contribution < -0.4 is 0 Å². The van der Waals surface area contributed by atoms with Crippen LogP contribution in [0.25, 0.3) is 0 Å². The van der Waals surface area contributed by atoms with Crippen molar-refractivity contribution in [2.45, 2.75) is 19.4 Å². The molecule has 0 spiro atoms. The highest BCUT2D eigenvalue weighted by atomic mass is 35.5. The van der Waals surface area contributed by atoms with Crippen molar-refractivity contribution in [3.8, 4) is 0 Å². The van der Waals surface area contributed by atoms with Gasteiger partial charge in [0, 0.05) is 10.6 Å². The van der Waals surface area contributed by atoms with Crippen LogP contribution in [0.15, 0.2) is 18.2 Å². The molecule has 2 atom stereocenters. The summed E-state index contributed by atoms with van der Waals surface area (Å²) in [4.78, 5) is 10.8. The number of carboxylic acid groups (broad SMARTS) is 1. The lowest BCUT2D eigenvalue weighted by Crippen LogP contribution is -2.35. The van der Waals surface area contributed by atoms with Gasteiger partial charge in [0.25, 0.3) is 0 Å². The molecule has 0 aromatic heterocycles. The van der Waals surface area contributed by atoms with Crippen LogP contribution in [0.1, 0.15) is 19.4 Å². The molecular weight excluding hydrogens is 235 g/mol. The summed E-state index contributed by atoms with van der Waals surface area (Å²) in [6.45, 7) is 2.70. The summed E-state index contributed by atoms with van der Waals surface area (Å²) in [5, 5.41) is 19.0. The van der Waals surface area contributed by atoms with E-state index < -0.39 is 23.3 Å². The zero-order valence-electron chi connectivity index (χ0n) is 8.87. The molecule has 0 amide bonds. The first-order valence-corrected chi connectivity index (χ1v) is 5.05. The van der Waals surface area contributed by atoms with E-state index in [9.17, 15) is 14.3 Å². The first kappa shape index (κ1) is 12.9. The Morgan fingerprint density at radius 1 is 1.56 bits per heavy atom. The van der Waals surface area contributed by atoms with Gasteiger partial charge in [-0.25, -0.2) is 4.39 Å². The third-order valence-electron chi connectivity index (χ3n) is 2.69. The number of carboxylic acids is 1. The predicted octanol–water partition coefficient (Wildman–Crippen LogP) is 2.41. The molecule has 0 aliphatic heterocycles. The smallest absolute Gasteiger partial charge is 0.309 e. The van der Waals surface area contributed by atoms with Crippen LogP contribution in [0.3, 0.4) is 0 Å². The highest BCUT2D eigenvalue weighted by Gasteiger charge is 2.36. The molecule has 88 valence electrons. The Hall–Kier alpha value is -1.13. The summed E-state index contributed by atoms with van der Waals surface area (Å²) in [7, 11) is 0. The molecule has 16 heavy (non-hydrogen) atoms. The number of halogens is 2. The number of hydrogen-bond acceptors (Lipinski definition) is 2. The van der Waals surface area contributed by atoms with Gasteiger partial charge in [0.05, 0.1) is 5.92 Å². The summed E-state index contributed by atoms with van der Waals surface area (Å²) >= 11 is 5.77.